The molecule has 1 heterocycles. The van der Waals surface area contributed by atoms with E-state index in [9.17, 15) is 4.79 Å². The molecule has 0 atom stereocenters. The highest BCUT2D eigenvalue weighted by Crippen LogP contribution is 2.32. The van der Waals surface area contributed by atoms with Crippen molar-refractivity contribution < 1.29 is 4.79 Å². The maximum absolute atomic E-state index is 12.0. The van der Waals surface area contributed by atoms with Crippen LogP contribution in [0.4, 0.5) is 5.69 Å². The monoisotopic (exact) mass is 299 g/mol. The minimum absolute atomic E-state index is 0.102. The van der Waals surface area contributed by atoms with E-state index >= 15 is 0 Å². The summed E-state index contributed by atoms with van der Waals surface area (Å²) < 4.78 is 0. The highest BCUT2D eigenvalue weighted by atomic mass is 16.2. The van der Waals surface area contributed by atoms with Crippen LogP contribution in [-0.4, -0.2) is 37.0 Å². The topological polar surface area (TPSA) is 47.3 Å². The Balaban J connectivity index is 2.04. The average Bonchev–Trinajstić information content (AvgIpc) is 2.52. The zero-order valence-electron chi connectivity index (χ0n) is 13.8. The Morgan fingerprint density at radius 1 is 1.18 bits per heavy atom. The van der Waals surface area contributed by atoms with E-state index in [1.807, 2.05) is 11.0 Å². The number of amides is 1. The number of para-hydroxylation sites is 1. The zero-order valence-corrected chi connectivity index (χ0v) is 13.8. The van der Waals surface area contributed by atoms with E-state index in [-0.39, 0.29) is 11.3 Å². The number of piperazine rings is 1. The number of carbonyl (C=O) groups is 1. The van der Waals surface area contributed by atoms with Crippen molar-refractivity contribution >= 4 is 11.6 Å². The Morgan fingerprint density at radius 3 is 2.41 bits per heavy atom. The third-order valence-electron chi connectivity index (χ3n) is 4.14. The number of hydrogen-bond donors (Lipinski definition) is 0. The molecule has 4 heteroatoms. The van der Waals surface area contributed by atoms with Crippen molar-refractivity contribution in [2.75, 3.05) is 31.1 Å². The van der Waals surface area contributed by atoms with Crippen LogP contribution in [0.15, 0.2) is 24.3 Å². The van der Waals surface area contributed by atoms with Gasteiger partial charge in [0, 0.05) is 44.7 Å². The number of benzene rings is 1. The molecule has 2 rings (SSSR count). The number of hydrogen-bond acceptors (Lipinski definition) is 3. The average molecular weight is 299 g/mol. The van der Waals surface area contributed by atoms with Gasteiger partial charge in [0.05, 0.1) is 6.07 Å². The van der Waals surface area contributed by atoms with E-state index in [0.29, 0.717) is 12.8 Å². The summed E-state index contributed by atoms with van der Waals surface area (Å²) in [5, 5.41) is 8.58. The van der Waals surface area contributed by atoms with E-state index in [2.05, 4.69) is 49.9 Å². The van der Waals surface area contributed by atoms with Gasteiger partial charge in [0.15, 0.2) is 0 Å². The molecule has 0 N–H and O–H groups in total. The molecule has 0 radical (unpaired) electrons. The predicted molar refractivity (Wildman–Crippen MR) is 88.8 cm³/mol. The summed E-state index contributed by atoms with van der Waals surface area (Å²) in [5.74, 6) is 0.102. The second-order valence-corrected chi connectivity index (χ2v) is 6.79. The molecule has 0 bridgehead atoms. The van der Waals surface area contributed by atoms with Crippen LogP contribution in [0, 0.1) is 11.3 Å². The standard InChI is InChI=1S/C18H25N3O/c1-18(2,3)15-7-4-5-8-16(15)20-11-13-21(14-12-20)17(22)9-6-10-19/h4-5,7-8H,6,9,11-14H2,1-3H3. The minimum atomic E-state index is 0.102. The summed E-state index contributed by atoms with van der Waals surface area (Å²) >= 11 is 0. The number of anilines is 1. The Hall–Kier alpha value is -2.02. The summed E-state index contributed by atoms with van der Waals surface area (Å²) in [5.41, 5.74) is 2.73. The summed E-state index contributed by atoms with van der Waals surface area (Å²) in [6.45, 7) is 9.87. The van der Waals surface area contributed by atoms with Crippen LogP contribution in [0.5, 0.6) is 0 Å². The second-order valence-electron chi connectivity index (χ2n) is 6.79. The van der Waals surface area contributed by atoms with E-state index in [1.165, 1.54) is 11.3 Å². The van der Waals surface area contributed by atoms with Crippen molar-refractivity contribution in [3.05, 3.63) is 29.8 Å². The van der Waals surface area contributed by atoms with Gasteiger partial charge in [-0.3, -0.25) is 4.79 Å². The number of carbonyl (C=O) groups excluding carboxylic acids is 1. The molecule has 1 aromatic carbocycles. The first-order valence-electron chi connectivity index (χ1n) is 7.92. The van der Waals surface area contributed by atoms with Gasteiger partial charge >= 0.3 is 0 Å². The fourth-order valence-corrected chi connectivity index (χ4v) is 2.90. The van der Waals surface area contributed by atoms with Crippen LogP contribution < -0.4 is 4.90 Å². The fraction of sp³-hybridized carbons (Fsp3) is 0.556. The summed E-state index contributed by atoms with van der Waals surface area (Å²) in [4.78, 5) is 16.2. The van der Waals surface area contributed by atoms with Gasteiger partial charge in [-0.25, -0.2) is 0 Å². The molecular weight excluding hydrogens is 274 g/mol. The van der Waals surface area contributed by atoms with E-state index < -0.39 is 0 Å². The predicted octanol–water partition coefficient (Wildman–Crippen LogP) is 2.94. The molecule has 0 aliphatic carbocycles. The van der Waals surface area contributed by atoms with Crippen LogP contribution in [0.1, 0.15) is 39.2 Å². The molecule has 0 aromatic heterocycles. The quantitative estimate of drug-likeness (QED) is 0.862. The van der Waals surface area contributed by atoms with Gasteiger partial charge in [-0.1, -0.05) is 39.0 Å². The molecule has 1 fully saturated rings. The molecule has 0 spiro atoms. The second kappa shape index (κ2) is 6.83. The van der Waals surface area contributed by atoms with Gasteiger partial charge in [-0.15, -0.1) is 0 Å². The Bertz CT molecular complexity index is 560. The van der Waals surface area contributed by atoms with Crippen molar-refractivity contribution in [2.45, 2.75) is 39.0 Å². The smallest absolute Gasteiger partial charge is 0.223 e. The van der Waals surface area contributed by atoms with Gasteiger partial charge in [0.1, 0.15) is 0 Å². The van der Waals surface area contributed by atoms with Crippen LogP contribution in [0.2, 0.25) is 0 Å². The first-order valence-corrected chi connectivity index (χ1v) is 7.92. The molecule has 22 heavy (non-hydrogen) atoms. The lowest BCUT2D eigenvalue weighted by molar-refractivity contribution is -0.131. The third-order valence-corrected chi connectivity index (χ3v) is 4.14. The van der Waals surface area contributed by atoms with Gasteiger partial charge in [0.25, 0.3) is 0 Å². The number of nitriles is 1. The Morgan fingerprint density at radius 2 is 1.82 bits per heavy atom. The first-order chi connectivity index (χ1) is 10.4. The van der Waals surface area contributed by atoms with Gasteiger partial charge in [-0.05, 0) is 17.0 Å². The van der Waals surface area contributed by atoms with Gasteiger partial charge in [-0.2, -0.15) is 5.26 Å². The summed E-state index contributed by atoms with van der Waals surface area (Å²) in [6, 6.07) is 10.6. The molecular formula is C18H25N3O. The van der Waals surface area contributed by atoms with Crippen LogP contribution in [0.25, 0.3) is 0 Å². The highest BCUT2D eigenvalue weighted by molar-refractivity contribution is 5.76. The lowest BCUT2D eigenvalue weighted by Gasteiger charge is -2.38. The van der Waals surface area contributed by atoms with Crippen molar-refractivity contribution in [3.63, 3.8) is 0 Å². The molecule has 4 nitrogen and oxygen atoms in total. The van der Waals surface area contributed by atoms with E-state index in [4.69, 9.17) is 5.26 Å². The van der Waals surface area contributed by atoms with Crippen LogP contribution in [-0.2, 0) is 10.2 Å². The molecule has 1 amide bonds. The molecule has 1 aliphatic heterocycles. The lowest BCUT2D eigenvalue weighted by atomic mass is 9.85. The normalized spacial score (nSPS) is 15.5. The summed E-state index contributed by atoms with van der Waals surface area (Å²) in [6.07, 6.45) is 0.654. The fourth-order valence-electron chi connectivity index (χ4n) is 2.90. The molecule has 0 saturated carbocycles. The van der Waals surface area contributed by atoms with Gasteiger partial charge < -0.3 is 9.80 Å². The molecule has 0 unspecified atom stereocenters. The van der Waals surface area contributed by atoms with E-state index in [1.54, 1.807) is 0 Å². The lowest BCUT2D eigenvalue weighted by Crippen LogP contribution is -2.49. The van der Waals surface area contributed by atoms with Crippen molar-refractivity contribution in [2.24, 2.45) is 0 Å². The first kappa shape index (κ1) is 16.4. The van der Waals surface area contributed by atoms with E-state index in [0.717, 1.165) is 26.2 Å². The summed E-state index contributed by atoms with van der Waals surface area (Å²) in [7, 11) is 0. The maximum atomic E-state index is 12.0. The number of nitrogens with zero attached hydrogens (tertiary/aromatic N) is 3. The van der Waals surface area contributed by atoms with Crippen molar-refractivity contribution in [1.29, 1.82) is 5.26 Å². The number of rotatable bonds is 3. The molecule has 1 aliphatic rings. The molecule has 118 valence electrons. The SMILES string of the molecule is CC(C)(C)c1ccccc1N1CCN(C(=O)CCC#N)CC1. The largest absolute Gasteiger partial charge is 0.368 e. The maximum Gasteiger partial charge on any atom is 0.223 e. The minimum Gasteiger partial charge on any atom is -0.368 e. The van der Waals surface area contributed by atoms with Crippen molar-refractivity contribution in [1.82, 2.24) is 4.90 Å². The highest BCUT2D eigenvalue weighted by Gasteiger charge is 2.25. The molecule has 1 aromatic rings. The molecule has 1 saturated heterocycles. The van der Waals surface area contributed by atoms with Crippen molar-refractivity contribution in [3.8, 4) is 6.07 Å². The van der Waals surface area contributed by atoms with Crippen LogP contribution >= 0.6 is 0 Å². The van der Waals surface area contributed by atoms with Gasteiger partial charge in [0.2, 0.25) is 5.91 Å². The Kier molecular flexibility index (Phi) is 5.07. The Labute approximate surface area is 133 Å². The zero-order chi connectivity index (χ0) is 16.2. The third kappa shape index (κ3) is 3.79. The van der Waals surface area contributed by atoms with Crippen LogP contribution in [0.3, 0.4) is 0 Å².